The van der Waals surface area contributed by atoms with Crippen LogP contribution in [0.3, 0.4) is 0 Å². The number of fused-ring (bicyclic) bond motifs is 1. The van der Waals surface area contributed by atoms with E-state index >= 15 is 0 Å². The second-order valence-corrected chi connectivity index (χ2v) is 10.9. The van der Waals surface area contributed by atoms with Crippen LogP contribution in [-0.4, -0.2) is 42.1 Å². The van der Waals surface area contributed by atoms with Gasteiger partial charge in [0.1, 0.15) is 18.4 Å². The summed E-state index contributed by atoms with van der Waals surface area (Å²) < 4.78 is 16.2. The summed E-state index contributed by atoms with van der Waals surface area (Å²) in [6, 6.07) is 29.2. The molecule has 46 heavy (non-hydrogen) atoms. The maximum atomic E-state index is 13.7. The molecule has 0 radical (unpaired) electrons. The highest BCUT2D eigenvalue weighted by molar-refractivity contribution is 5.86. The van der Waals surface area contributed by atoms with Crippen LogP contribution in [0.5, 0.6) is 5.75 Å². The Hall–Kier alpha value is -5.64. The van der Waals surface area contributed by atoms with Gasteiger partial charge in [0.05, 0.1) is 18.0 Å². The van der Waals surface area contributed by atoms with Gasteiger partial charge in [0.25, 0.3) is 6.01 Å². The molecule has 0 bridgehead atoms. The van der Waals surface area contributed by atoms with Gasteiger partial charge in [-0.2, -0.15) is 4.98 Å². The molecule has 0 spiro atoms. The number of ether oxygens (including phenoxy) is 2. The smallest absolute Gasteiger partial charge is 0.407 e. The van der Waals surface area contributed by atoms with Crippen LogP contribution in [0, 0.1) is 6.92 Å². The summed E-state index contributed by atoms with van der Waals surface area (Å²) in [4.78, 5) is 45.4. The topological polar surface area (TPSA) is 123 Å². The molecule has 5 aromatic rings. The zero-order valence-electron chi connectivity index (χ0n) is 26.0. The predicted molar refractivity (Wildman–Crippen MR) is 176 cm³/mol. The van der Waals surface area contributed by atoms with Crippen LogP contribution in [-0.2, 0) is 35.6 Å². The van der Waals surface area contributed by atoms with Gasteiger partial charge in [-0.15, -0.1) is 0 Å². The molecule has 5 rings (SSSR count). The molecular formula is C36H36N4O6. The number of aryl methyl sites for hydroxylation is 1. The first kappa shape index (κ1) is 31.8. The average Bonchev–Trinajstić information content (AvgIpc) is 3.07. The zero-order chi connectivity index (χ0) is 32.5. The number of methoxy groups -OCH3 is 1. The molecule has 0 aliphatic carbocycles. The number of carbonyl (C=O) groups is 2. The molecule has 10 heteroatoms. The number of likely N-dealkylation sites (N-methyl/N-ethyl adjacent to an activating group) is 1. The van der Waals surface area contributed by atoms with Crippen molar-refractivity contribution in [1.82, 2.24) is 15.2 Å². The largest absolute Gasteiger partial charge is 0.497 e. The standard InChI is InChI=1S/C36H36N4O6/c1-24-28(21-37-36(43)45-23-27-12-8-5-9-13-27)16-19-30-32(24)34(42)46-35(38-30)39-31(20-25-14-17-29(44-3)18-15-25)33(41)40(2)22-26-10-6-4-7-11-26/h4-19,31H,20-23H2,1-3H3,(H,37,43)(H,38,39)/t31-/m0/s1. The number of hydrogen-bond donors (Lipinski definition) is 2. The van der Waals surface area contributed by atoms with Crippen LogP contribution in [0.4, 0.5) is 10.8 Å². The van der Waals surface area contributed by atoms with E-state index in [1.54, 1.807) is 38.1 Å². The number of nitrogens with zero attached hydrogens (tertiary/aromatic N) is 2. The number of hydrogen-bond acceptors (Lipinski definition) is 8. The lowest BCUT2D eigenvalue weighted by Crippen LogP contribution is -2.42. The first-order chi connectivity index (χ1) is 22.3. The fourth-order valence-electron chi connectivity index (χ4n) is 5.10. The lowest BCUT2D eigenvalue weighted by molar-refractivity contribution is -0.131. The van der Waals surface area contributed by atoms with E-state index < -0.39 is 17.8 Å². The van der Waals surface area contributed by atoms with E-state index in [9.17, 15) is 14.4 Å². The molecular weight excluding hydrogens is 584 g/mol. The first-order valence-corrected chi connectivity index (χ1v) is 14.9. The summed E-state index contributed by atoms with van der Waals surface area (Å²) in [5.41, 5.74) is 3.90. The van der Waals surface area contributed by atoms with Gasteiger partial charge in [-0.05, 0) is 52.9 Å². The number of carbonyl (C=O) groups excluding carboxylic acids is 2. The summed E-state index contributed by atoms with van der Waals surface area (Å²) in [7, 11) is 3.33. The summed E-state index contributed by atoms with van der Waals surface area (Å²) in [6.45, 7) is 2.48. The maximum absolute atomic E-state index is 13.7. The van der Waals surface area contributed by atoms with Gasteiger partial charge in [0, 0.05) is 26.6 Å². The SMILES string of the molecule is COc1ccc(C[C@H](Nc2nc3ccc(CNC(=O)OCc4ccccc4)c(C)c3c(=O)o2)C(=O)N(C)Cc2ccccc2)cc1. The van der Waals surface area contributed by atoms with Crippen LogP contribution >= 0.6 is 0 Å². The Balaban J connectivity index is 1.33. The van der Waals surface area contributed by atoms with Crippen molar-refractivity contribution in [1.29, 1.82) is 0 Å². The summed E-state index contributed by atoms with van der Waals surface area (Å²) >= 11 is 0. The van der Waals surface area contributed by atoms with Crippen LogP contribution in [0.2, 0.25) is 0 Å². The van der Waals surface area contributed by atoms with Gasteiger partial charge < -0.3 is 29.4 Å². The number of amides is 2. The fraction of sp³-hybridized carbons (Fsp3) is 0.222. The van der Waals surface area contributed by atoms with Crippen molar-refractivity contribution in [2.75, 3.05) is 19.5 Å². The Kier molecular flexibility index (Phi) is 10.3. The highest BCUT2D eigenvalue weighted by atomic mass is 16.5. The molecule has 1 atom stereocenters. The van der Waals surface area contributed by atoms with E-state index in [1.807, 2.05) is 84.9 Å². The molecule has 236 valence electrons. The van der Waals surface area contributed by atoms with Gasteiger partial charge in [-0.25, -0.2) is 9.59 Å². The minimum atomic E-state index is -0.776. The molecule has 0 saturated heterocycles. The van der Waals surface area contributed by atoms with E-state index in [4.69, 9.17) is 13.9 Å². The third-order valence-corrected chi connectivity index (χ3v) is 7.64. The van der Waals surface area contributed by atoms with Crippen LogP contribution in [0.15, 0.2) is 106 Å². The molecule has 0 fully saturated rings. The number of aromatic nitrogens is 1. The van der Waals surface area contributed by atoms with Gasteiger partial charge in [-0.3, -0.25) is 4.79 Å². The molecule has 2 amide bonds. The van der Waals surface area contributed by atoms with Gasteiger partial charge >= 0.3 is 11.7 Å². The van der Waals surface area contributed by atoms with Crippen LogP contribution in [0.1, 0.15) is 27.8 Å². The molecule has 2 N–H and O–H groups in total. The molecule has 0 aliphatic rings. The third-order valence-electron chi connectivity index (χ3n) is 7.64. The number of anilines is 1. The van der Waals surface area contributed by atoms with E-state index in [0.29, 0.717) is 40.7 Å². The van der Waals surface area contributed by atoms with Gasteiger partial charge in [0.15, 0.2) is 0 Å². The summed E-state index contributed by atoms with van der Waals surface area (Å²) in [5, 5.41) is 6.10. The molecule has 0 saturated carbocycles. The Labute approximate surface area is 267 Å². The summed E-state index contributed by atoms with van der Waals surface area (Å²) in [5.74, 6) is 0.512. The predicted octanol–water partition coefficient (Wildman–Crippen LogP) is 5.61. The number of rotatable bonds is 12. The van der Waals surface area contributed by atoms with Crippen molar-refractivity contribution in [2.45, 2.75) is 39.1 Å². The van der Waals surface area contributed by atoms with E-state index in [1.165, 1.54) is 0 Å². The summed E-state index contributed by atoms with van der Waals surface area (Å²) in [6.07, 6.45) is -0.257. The fourth-order valence-corrected chi connectivity index (χ4v) is 5.10. The Morgan fingerprint density at radius 2 is 1.57 bits per heavy atom. The molecule has 0 aliphatic heterocycles. The highest BCUT2D eigenvalue weighted by Gasteiger charge is 2.25. The minimum Gasteiger partial charge on any atom is -0.497 e. The maximum Gasteiger partial charge on any atom is 0.407 e. The van der Waals surface area contributed by atoms with Crippen molar-refractivity contribution in [3.8, 4) is 5.75 Å². The molecule has 1 heterocycles. The molecule has 10 nitrogen and oxygen atoms in total. The second kappa shape index (κ2) is 14.9. The number of benzene rings is 4. The van der Waals surface area contributed by atoms with Crippen molar-refractivity contribution in [3.05, 3.63) is 135 Å². The number of alkyl carbamates (subject to hydrolysis) is 1. The average molecular weight is 621 g/mol. The van der Waals surface area contributed by atoms with Crippen LogP contribution in [0.25, 0.3) is 10.9 Å². The van der Waals surface area contributed by atoms with Gasteiger partial charge in [-0.1, -0.05) is 78.9 Å². The number of nitrogens with one attached hydrogen (secondary N) is 2. The highest BCUT2D eigenvalue weighted by Crippen LogP contribution is 2.21. The Morgan fingerprint density at radius 1 is 0.891 bits per heavy atom. The van der Waals surface area contributed by atoms with E-state index in [2.05, 4.69) is 15.6 Å². The van der Waals surface area contributed by atoms with Gasteiger partial charge in [0.2, 0.25) is 5.91 Å². The molecule has 0 unspecified atom stereocenters. The van der Waals surface area contributed by atoms with Crippen molar-refractivity contribution >= 4 is 28.9 Å². The van der Waals surface area contributed by atoms with Crippen molar-refractivity contribution in [2.24, 2.45) is 0 Å². The van der Waals surface area contributed by atoms with Crippen LogP contribution < -0.4 is 21.0 Å². The molecule has 1 aromatic heterocycles. The molecule has 4 aromatic carbocycles. The Bertz CT molecular complexity index is 1840. The van der Waals surface area contributed by atoms with Crippen molar-refractivity contribution < 1.29 is 23.5 Å². The monoisotopic (exact) mass is 620 g/mol. The quantitative estimate of drug-likeness (QED) is 0.185. The third kappa shape index (κ3) is 8.09. The lowest BCUT2D eigenvalue weighted by Gasteiger charge is -2.25. The minimum absolute atomic E-state index is 0.0627. The van der Waals surface area contributed by atoms with Crippen molar-refractivity contribution in [3.63, 3.8) is 0 Å². The van der Waals surface area contributed by atoms with E-state index in [-0.39, 0.29) is 25.1 Å². The zero-order valence-corrected chi connectivity index (χ0v) is 26.0. The lowest BCUT2D eigenvalue weighted by atomic mass is 10.0. The Morgan fingerprint density at radius 3 is 2.24 bits per heavy atom. The first-order valence-electron chi connectivity index (χ1n) is 14.9. The second-order valence-electron chi connectivity index (χ2n) is 10.9. The normalized spacial score (nSPS) is 11.5. The van der Waals surface area contributed by atoms with E-state index in [0.717, 1.165) is 16.7 Å².